The molecule has 0 aliphatic rings. The molecular formula is C24H27FN2O6S. The van der Waals surface area contributed by atoms with Crippen LogP contribution in [0.4, 0.5) is 10.1 Å². The van der Waals surface area contributed by atoms with E-state index >= 15 is 0 Å². The predicted molar refractivity (Wildman–Crippen MR) is 126 cm³/mol. The van der Waals surface area contributed by atoms with Gasteiger partial charge in [0.1, 0.15) is 23.4 Å². The lowest BCUT2D eigenvalue weighted by Crippen LogP contribution is -2.50. The number of nitrogens with one attached hydrogen (secondary N) is 2. The second-order valence-electron chi connectivity index (χ2n) is 7.75. The maximum Gasteiger partial charge on any atom is 0.262 e. The van der Waals surface area contributed by atoms with Crippen molar-refractivity contribution in [2.24, 2.45) is 0 Å². The summed E-state index contributed by atoms with van der Waals surface area (Å²) in [7, 11) is -4.06. The Labute approximate surface area is 197 Å². The number of aliphatic hydroxyl groups is 2. The second-order valence-corrected chi connectivity index (χ2v) is 9.44. The number of sulfonamides is 1. The Morgan fingerprint density at radius 2 is 1.71 bits per heavy atom. The molecule has 0 saturated heterocycles. The summed E-state index contributed by atoms with van der Waals surface area (Å²) in [5.74, 6) is -0.324. The molecule has 5 N–H and O–H groups in total. The van der Waals surface area contributed by atoms with Crippen molar-refractivity contribution >= 4 is 15.7 Å². The fourth-order valence-electron chi connectivity index (χ4n) is 3.22. The zero-order chi connectivity index (χ0) is 24.7. The second kappa shape index (κ2) is 11.3. The molecular weight excluding hydrogens is 463 g/mol. The van der Waals surface area contributed by atoms with Gasteiger partial charge in [-0.3, -0.25) is 10.0 Å². The van der Waals surface area contributed by atoms with Gasteiger partial charge >= 0.3 is 0 Å². The number of anilines is 1. The molecule has 0 bridgehead atoms. The summed E-state index contributed by atoms with van der Waals surface area (Å²) in [6.07, 6.45) is -1.47. The quantitative estimate of drug-likeness (QED) is 0.206. The Balaban J connectivity index is 1.73. The maximum absolute atomic E-state index is 13.1. The van der Waals surface area contributed by atoms with Crippen molar-refractivity contribution < 1.29 is 32.9 Å². The van der Waals surface area contributed by atoms with E-state index in [2.05, 4.69) is 10.0 Å². The normalized spacial score (nSPS) is 14.2. The number of aliphatic hydroxyl groups excluding tert-OH is 2. The summed E-state index contributed by atoms with van der Waals surface area (Å²) in [5, 5.41) is 33.2. The number of hydrogen-bond donors (Lipinski definition) is 5. The van der Waals surface area contributed by atoms with Gasteiger partial charge in [-0.2, -0.15) is 0 Å². The Hall–Kier alpha value is -3.18. The molecule has 3 rings (SSSR count). The highest BCUT2D eigenvalue weighted by atomic mass is 32.2. The summed E-state index contributed by atoms with van der Waals surface area (Å²) in [4.78, 5) is -0.161. The standard InChI is InChI=1S/C24H27FN2O6S/c1-16(29)24(33-20-5-3-2-4-6-20)26-19(15-28)13-17-7-12-23(30)22(14-17)27-34(31,32)21-10-8-18(25)9-11-21/h2-12,14,16,19,24,26-30H,13,15H2,1H3/t16-,19-,24?/m0/s1. The van der Waals surface area contributed by atoms with Crippen LogP contribution in [-0.4, -0.2) is 48.7 Å². The van der Waals surface area contributed by atoms with E-state index in [1.807, 2.05) is 6.07 Å². The van der Waals surface area contributed by atoms with Crippen LogP contribution in [0.15, 0.2) is 77.7 Å². The van der Waals surface area contributed by atoms with Crippen LogP contribution in [-0.2, 0) is 16.4 Å². The van der Waals surface area contributed by atoms with Crippen LogP contribution >= 0.6 is 0 Å². The summed E-state index contributed by atoms with van der Waals surface area (Å²) in [5.41, 5.74) is 0.538. The molecule has 0 aliphatic heterocycles. The van der Waals surface area contributed by atoms with Crippen molar-refractivity contribution in [3.63, 3.8) is 0 Å². The zero-order valence-corrected chi connectivity index (χ0v) is 19.2. The smallest absolute Gasteiger partial charge is 0.262 e. The lowest BCUT2D eigenvalue weighted by molar-refractivity contribution is 0.0138. The number of ether oxygens (including phenoxy) is 1. The van der Waals surface area contributed by atoms with Gasteiger partial charge in [-0.25, -0.2) is 12.8 Å². The van der Waals surface area contributed by atoms with E-state index in [0.29, 0.717) is 11.3 Å². The first-order chi connectivity index (χ1) is 16.2. The lowest BCUT2D eigenvalue weighted by Gasteiger charge is -2.27. The minimum absolute atomic E-state index is 0.0638. The molecule has 0 radical (unpaired) electrons. The molecule has 1 unspecified atom stereocenters. The maximum atomic E-state index is 13.1. The molecule has 0 aliphatic carbocycles. The largest absolute Gasteiger partial charge is 0.506 e. The van der Waals surface area contributed by atoms with Crippen LogP contribution in [0.25, 0.3) is 0 Å². The van der Waals surface area contributed by atoms with Crippen LogP contribution in [0, 0.1) is 5.82 Å². The number of benzene rings is 3. The van der Waals surface area contributed by atoms with Gasteiger partial charge in [-0.15, -0.1) is 0 Å². The van der Waals surface area contributed by atoms with Gasteiger partial charge in [0.2, 0.25) is 0 Å². The summed E-state index contributed by atoms with van der Waals surface area (Å²) < 4.78 is 46.4. The fraction of sp³-hybridized carbons (Fsp3) is 0.250. The highest BCUT2D eigenvalue weighted by Crippen LogP contribution is 2.27. The van der Waals surface area contributed by atoms with E-state index in [1.54, 1.807) is 37.3 Å². The number of aromatic hydroxyl groups is 1. The molecule has 8 nitrogen and oxygen atoms in total. The lowest BCUT2D eigenvalue weighted by atomic mass is 10.0. The van der Waals surface area contributed by atoms with Gasteiger partial charge in [0, 0.05) is 6.04 Å². The number of rotatable bonds is 11. The zero-order valence-electron chi connectivity index (χ0n) is 18.4. The first kappa shape index (κ1) is 25.4. The molecule has 0 aromatic heterocycles. The van der Waals surface area contributed by atoms with E-state index < -0.39 is 34.2 Å². The third kappa shape index (κ3) is 6.91. The van der Waals surface area contributed by atoms with Crippen molar-refractivity contribution in [2.75, 3.05) is 11.3 Å². The molecule has 0 heterocycles. The monoisotopic (exact) mass is 490 g/mol. The first-order valence-corrected chi connectivity index (χ1v) is 12.0. The van der Waals surface area contributed by atoms with E-state index in [-0.39, 0.29) is 29.4 Å². The van der Waals surface area contributed by atoms with Gasteiger partial charge in [-0.1, -0.05) is 24.3 Å². The van der Waals surface area contributed by atoms with Crippen molar-refractivity contribution in [2.45, 2.75) is 36.6 Å². The minimum Gasteiger partial charge on any atom is -0.506 e. The molecule has 3 aromatic carbocycles. The molecule has 0 amide bonds. The number of para-hydroxylation sites is 1. The fourth-order valence-corrected chi connectivity index (χ4v) is 4.29. The third-order valence-electron chi connectivity index (χ3n) is 4.98. The highest BCUT2D eigenvalue weighted by Gasteiger charge is 2.22. The van der Waals surface area contributed by atoms with Crippen LogP contribution < -0.4 is 14.8 Å². The molecule has 182 valence electrons. The highest BCUT2D eigenvalue weighted by molar-refractivity contribution is 7.92. The van der Waals surface area contributed by atoms with Gasteiger partial charge in [0.15, 0.2) is 6.23 Å². The van der Waals surface area contributed by atoms with Crippen LogP contribution in [0.1, 0.15) is 12.5 Å². The number of phenols is 1. The first-order valence-electron chi connectivity index (χ1n) is 10.5. The molecule has 0 fully saturated rings. The van der Waals surface area contributed by atoms with Crippen LogP contribution in [0.2, 0.25) is 0 Å². The summed E-state index contributed by atoms with van der Waals surface area (Å²) in [6.45, 7) is 1.26. The van der Waals surface area contributed by atoms with Crippen molar-refractivity contribution in [3.05, 3.63) is 84.2 Å². The SMILES string of the molecule is C[C@H](O)C(N[C@H](CO)Cc1ccc(O)c(NS(=O)(=O)c2ccc(F)cc2)c1)Oc1ccccc1. The van der Waals surface area contributed by atoms with E-state index in [9.17, 15) is 28.1 Å². The van der Waals surface area contributed by atoms with Gasteiger partial charge < -0.3 is 20.1 Å². The van der Waals surface area contributed by atoms with Gasteiger partial charge in [0.05, 0.1) is 17.2 Å². The number of halogens is 1. The molecule has 3 aromatic rings. The molecule has 0 saturated carbocycles. The predicted octanol–water partition coefficient (Wildman–Crippen LogP) is 2.61. The van der Waals surface area contributed by atoms with E-state index in [0.717, 1.165) is 24.3 Å². The van der Waals surface area contributed by atoms with Gasteiger partial charge in [0.25, 0.3) is 10.0 Å². The average Bonchev–Trinajstić information content (AvgIpc) is 2.81. The molecule has 10 heteroatoms. The minimum atomic E-state index is -4.06. The Morgan fingerprint density at radius 3 is 2.32 bits per heavy atom. The molecule has 34 heavy (non-hydrogen) atoms. The topological polar surface area (TPSA) is 128 Å². The van der Waals surface area contributed by atoms with Crippen molar-refractivity contribution in [1.82, 2.24) is 5.32 Å². The van der Waals surface area contributed by atoms with Gasteiger partial charge in [-0.05, 0) is 67.4 Å². The van der Waals surface area contributed by atoms with Crippen LogP contribution in [0.3, 0.4) is 0 Å². The van der Waals surface area contributed by atoms with E-state index in [1.165, 1.54) is 12.1 Å². The Bertz CT molecular complexity index is 1170. The number of hydrogen-bond acceptors (Lipinski definition) is 7. The average molecular weight is 491 g/mol. The van der Waals surface area contributed by atoms with Crippen molar-refractivity contribution in [1.29, 1.82) is 0 Å². The molecule has 0 spiro atoms. The molecule has 3 atom stereocenters. The summed E-state index contributed by atoms with van der Waals surface area (Å²) in [6, 6.07) is 17.0. The Morgan fingerprint density at radius 1 is 1.03 bits per heavy atom. The van der Waals surface area contributed by atoms with E-state index in [4.69, 9.17) is 4.74 Å². The number of phenolic OH excluding ortho intramolecular Hbond substituents is 1. The Kier molecular flexibility index (Phi) is 8.46. The third-order valence-corrected chi connectivity index (χ3v) is 6.36. The summed E-state index contributed by atoms with van der Waals surface area (Å²) >= 11 is 0. The van der Waals surface area contributed by atoms with Crippen molar-refractivity contribution in [3.8, 4) is 11.5 Å². The van der Waals surface area contributed by atoms with Crippen LogP contribution in [0.5, 0.6) is 11.5 Å².